The van der Waals surface area contributed by atoms with E-state index in [0.717, 1.165) is 10.1 Å². The van der Waals surface area contributed by atoms with Crippen molar-refractivity contribution in [3.63, 3.8) is 0 Å². The molecule has 0 unspecified atom stereocenters. The molecule has 0 aliphatic heterocycles. The molecule has 2 amide bonds. The number of thiophene rings is 1. The molecule has 0 atom stereocenters. The highest BCUT2D eigenvalue weighted by molar-refractivity contribution is 9.10. The Kier molecular flexibility index (Phi) is 4.66. The van der Waals surface area contributed by atoms with Crippen LogP contribution in [-0.2, 0) is 0 Å². The van der Waals surface area contributed by atoms with Gasteiger partial charge in [-0.2, -0.15) is 0 Å². The van der Waals surface area contributed by atoms with Gasteiger partial charge in [0, 0.05) is 14.6 Å². The van der Waals surface area contributed by atoms with E-state index in [2.05, 4.69) is 26.8 Å². The molecule has 2 N–H and O–H groups in total. The number of amides is 2. The maximum Gasteiger partial charge on any atom is 0.281 e. The van der Waals surface area contributed by atoms with Crippen LogP contribution in [0.5, 0.6) is 0 Å². The zero-order valence-electron chi connectivity index (χ0n) is 11.6. The molecule has 2 aromatic carbocycles. The molecular formula is C16H10BrClN2O2S. The Balaban J connectivity index is 1.75. The fourth-order valence-corrected chi connectivity index (χ4v) is 3.92. The molecule has 3 rings (SSSR count). The summed E-state index contributed by atoms with van der Waals surface area (Å²) in [6.07, 6.45) is 0. The van der Waals surface area contributed by atoms with Gasteiger partial charge in [-0.1, -0.05) is 41.9 Å². The third kappa shape index (κ3) is 3.24. The van der Waals surface area contributed by atoms with Crippen LogP contribution >= 0.6 is 38.9 Å². The number of hydrazine groups is 1. The van der Waals surface area contributed by atoms with Gasteiger partial charge in [0.1, 0.15) is 4.88 Å². The minimum Gasteiger partial charge on any atom is -0.267 e. The first kappa shape index (κ1) is 16.0. The molecule has 0 radical (unpaired) electrons. The van der Waals surface area contributed by atoms with Gasteiger partial charge in [-0.3, -0.25) is 20.4 Å². The Morgan fingerprint density at radius 3 is 2.35 bits per heavy atom. The van der Waals surface area contributed by atoms with Gasteiger partial charge in [0.25, 0.3) is 11.8 Å². The third-order valence-corrected chi connectivity index (χ3v) is 5.51. The Morgan fingerprint density at radius 1 is 0.957 bits per heavy atom. The summed E-state index contributed by atoms with van der Waals surface area (Å²) in [5, 5.41) is 1.21. The predicted octanol–water partition coefficient (Wildman–Crippen LogP) is 4.39. The first-order valence-corrected chi connectivity index (χ1v) is 8.59. The molecule has 7 heteroatoms. The molecule has 23 heavy (non-hydrogen) atoms. The monoisotopic (exact) mass is 408 g/mol. The number of carbonyl (C=O) groups is 2. The van der Waals surface area contributed by atoms with E-state index in [9.17, 15) is 9.59 Å². The van der Waals surface area contributed by atoms with Crippen LogP contribution in [0.3, 0.4) is 0 Å². The topological polar surface area (TPSA) is 58.2 Å². The van der Waals surface area contributed by atoms with Crippen LogP contribution in [0.25, 0.3) is 10.1 Å². The molecule has 0 aliphatic rings. The largest absolute Gasteiger partial charge is 0.281 e. The Morgan fingerprint density at radius 2 is 1.61 bits per heavy atom. The predicted molar refractivity (Wildman–Crippen MR) is 95.9 cm³/mol. The summed E-state index contributed by atoms with van der Waals surface area (Å²) in [4.78, 5) is 24.7. The number of hydrogen-bond donors (Lipinski definition) is 2. The Labute approximate surface area is 149 Å². The van der Waals surface area contributed by atoms with E-state index in [4.69, 9.17) is 11.6 Å². The number of carbonyl (C=O) groups excluding carboxylic acids is 2. The Hall–Kier alpha value is -1.89. The van der Waals surface area contributed by atoms with E-state index in [1.54, 1.807) is 24.3 Å². The number of halogens is 2. The van der Waals surface area contributed by atoms with Gasteiger partial charge in [-0.05, 0) is 34.1 Å². The van der Waals surface area contributed by atoms with Gasteiger partial charge in [0.2, 0.25) is 0 Å². The number of hydrogen-bond acceptors (Lipinski definition) is 3. The molecule has 0 saturated carbocycles. The molecule has 116 valence electrons. The van der Waals surface area contributed by atoms with Gasteiger partial charge in [-0.25, -0.2) is 0 Å². The molecule has 0 bridgehead atoms. The standard InChI is InChI=1S/C16H10BrClN2O2S/c17-11-7-3-1-5-9(11)15(21)19-20-16(22)14-13(18)10-6-2-4-8-12(10)23-14/h1-8H,(H,19,21)(H,20,22). The highest BCUT2D eigenvalue weighted by Gasteiger charge is 2.18. The maximum absolute atomic E-state index is 12.2. The summed E-state index contributed by atoms with van der Waals surface area (Å²) < 4.78 is 1.56. The molecule has 4 nitrogen and oxygen atoms in total. The lowest BCUT2D eigenvalue weighted by Gasteiger charge is -2.07. The fraction of sp³-hybridized carbons (Fsp3) is 0. The molecule has 0 saturated heterocycles. The van der Waals surface area contributed by atoms with Crippen molar-refractivity contribution in [1.29, 1.82) is 0 Å². The van der Waals surface area contributed by atoms with E-state index in [-0.39, 0.29) is 0 Å². The normalized spacial score (nSPS) is 10.5. The number of rotatable bonds is 2. The lowest BCUT2D eigenvalue weighted by molar-refractivity contribution is 0.0848. The van der Waals surface area contributed by atoms with Crippen LogP contribution in [0.2, 0.25) is 5.02 Å². The van der Waals surface area contributed by atoms with Crippen LogP contribution in [0.1, 0.15) is 20.0 Å². The quantitative estimate of drug-likeness (QED) is 0.617. The minimum absolute atomic E-state index is 0.361. The molecule has 3 aromatic rings. The van der Waals surface area contributed by atoms with Gasteiger partial charge < -0.3 is 0 Å². The summed E-state index contributed by atoms with van der Waals surface area (Å²) in [5.74, 6) is -0.861. The van der Waals surface area contributed by atoms with E-state index in [1.165, 1.54) is 11.3 Å². The molecular weight excluding hydrogens is 400 g/mol. The number of benzene rings is 2. The SMILES string of the molecule is O=C(NNC(=O)c1sc2ccccc2c1Cl)c1ccccc1Br. The van der Waals surface area contributed by atoms with Crippen molar-refractivity contribution in [3.05, 3.63) is 68.5 Å². The van der Waals surface area contributed by atoms with Crippen molar-refractivity contribution in [2.75, 3.05) is 0 Å². The first-order chi connectivity index (χ1) is 11.1. The van der Waals surface area contributed by atoms with Crippen molar-refractivity contribution in [2.24, 2.45) is 0 Å². The van der Waals surface area contributed by atoms with Gasteiger partial charge in [0.15, 0.2) is 0 Å². The second-order valence-corrected chi connectivity index (χ2v) is 6.91. The molecule has 0 aliphatic carbocycles. The lowest BCUT2D eigenvalue weighted by atomic mass is 10.2. The van der Waals surface area contributed by atoms with E-state index >= 15 is 0 Å². The average molecular weight is 410 g/mol. The zero-order chi connectivity index (χ0) is 16.4. The Bertz CT molecular complexity index is 910. The summed E-state index contributed by atoms with van der Waals surface area (Å²) >= 11 is 10.8. The second-order valence-electron chi connectivity index (χ2n) is 4.63. The number of fused-ring (bicyclic) bond motifs is 1. The van der Waals surface area contributed by atoms with Crippen molar-refractivity contribution < 1.29 is 9.59 Å². The van der Waals surface area contributed by atoms with Crippen molar-refractivity contribution in [3.8, 4) is 0 Å². The van der Waals surface area contributed by atoms with E-state index < -0.39 is 11.8 Å². The van der Waals surface area contributed by atoms with Crippen molar-refractivity contribution >= 4 is 60.8 Å². The smallest absolute Gasteiger partial charge is 0.267 e. The third-order valence-electron chi connectivity index (χ3n) is 3.15. The number of nitrogens with one attached hydrogen (secondary N) is 2. The van der Waals surface area contributed by atoms with Gasteiger partial charge >= 0.3 is 0 Å². The minimum atomic E-state index is -0.448. The molecule has 1 aromatic heterocycles. The summed E-state index contributed by atoms with van der Waals surface area (Å²) in [6.45, 7) is 0. The van der Waals surface area contributed by atoms with Gasteiger partial charge in [-0.15, -0.1) is 11.3 Å². The summed E-state index contributed by atoms with van der Waals surface area (Å²) in [5.41, 5.74) is 5.21. The second kappa shape index (κ2) is 6.70. The average Bonchev–Trinajstić information content (AvgIpc) is 2.90. The van der Waals surface area contributed by atoms with Crippen LogP contribution in [0.15, 0.2) is 53.0 Å². The van der Waals surface area contributed by atoms with E-state index in [1.807, 2.05) is 24.3 Å². The van der Waals surface area contributed by atoms with Crippen LogP contribution in [0, 0.1) is 0 Å². The lowest BCUT2D eigenvalue weighted by Crippen LogP contribution is -2.41. The van der Waals surface area contributed by atoms with Crippen LogP contribution < -0.4 is 10.9 Å². The van der Waals surface area contributed by atoms with Crippen LogP contribution in [-0.4, -0.2) is 11.8 Å². The molecule has 0 fully saturated rings. The molecule has 0 spiro atoms. The first-order valence-electron chi connectivity index (χ1n) is 6.60. The highest BCUT2D eigenvalue weighted by atomic mass is 79.9. The van der Waals surface area contributed by atoms with E-state index in [0.29, 0.717) is 19.9 Å². The van der Waals surface area contributed by atoms with Crippen LogP contribution in [0.4, 0.5) is 0 Å². The highest BCUT2D eigenvalue weighted by Crippen LogP contribution is 2.34. The summed E-state index contributed by atoms with van der Waals surface area (Å²) in [7, 11) is 0. The van der Waals surface area contributed by atoms with Gasteiger partial charge in [0.05, 0.1) is 10.6 Å². The van der Waals surface area contributed by atoms with Crippen molar-refractivity contribution in [1.82, 2.24) is 10.9 Å². The van der Waals surface area contributed by atoms with Crippen molar-refractivity contribution in [2.45, 2.75) is 0 Å². The summed E-state index contributed by atoms with van der Waals surface area (Å²) in [6, 6.07) is 14.4. The maximum atomic E-state index is 12.2. The fourth-order valence-electron chi connectivity index (χ4n) is 2.04. The molecule has 1 heterocycles. The zero-order valence-corrected chi connectivity index (χ0v) is 14.8.